The molecule has 12 heavy (non-hydrogen) atoms. The summed E-state index contributed by atoms with van der Waals surface area (Å²) in [7, 11) is 3.25. The Labute approximate surface area is 82.0 Å². The van der Waals surface area contributed by atoms with Crippen LogP contribution in [-0.2, 0) is 0 Å². The van der Waals surface area contributed by atoms with E-state index in [4.69, 9.17) is 12.2 Å². The van der Waals surface area contributed by atoms with Crippen LogP contribution in [0.3, 0.4) is 0 Å². The molecule has 0 radical (unpaired) electrons. The molecular weight excluding hydrogens is 208 g/mol. The minimum absolute atomic E-state index is 0.911. The Morgan fingerprint density at radius 3 is 2.83 bits per heavy atom. The van der Waals surface area contributed by atoms with Crippen LogP contribution in [0.2, 0.25) is 0 Å². The van der Waals surface area contributed by atoms with Crippen LogP contribution in [0.15, 0.2) is 24.7 Å². The molecule has 0 aliphatic heterocycles. The van der Waals surface area contributed by atoms with E-state index in [1.165, 1.54) is 0 Å². The summed E-state index contributed by atoms with van der Waals surface area (Å²) in [6, 6.07) is 3.85. The van der Waals surface area contributed by atoms with E-state index in [0.29, 0.717) is 0 Å². The largest absolute Gasteiger partial charge is 0.245 e. The van der Waals surface area contributed by atoms with Gasteiger partial charge in [-0.1, -0.05) is 32.9 Å². The lowest BCUT2D eigenvalue weighted by Gasteiger charge is -1.90. The number of hydrogen-bond donors (Lipinski definition) is 0. The molecule has 5 heteroatoms. The van der Waals surface area contributed by atoms with Gasteiger partial charge in [-0.25, -0.2) is 9.97 Å². The van der Waals surface area contributed by atoms with Crippen LogP contribution in [-0.4, -0.2) is 9.97 Å². The van der Waals surface area contributed by atoms with Gasteiger partial charge in [0.05, 0.1) is 10.6 Å². The van der Waals surface area contributed by atoms with Crippen molar-refractivity contribution in [2.75, 3.05) is 0 Å². The predicted octanol–water partition coefficient (Wildman–Crippen LogP) is 3.00. The second-order valence-corrected chi connectivity index (χ2v) is 5.00. The van der Waals surface area contributed by atoms with Crippen LogP contribution in [0.25, 0.3) is 10.6 Å². The van der Waals surface area contributed by atoms with E-state index < -0.39 is 0 Å². The Morgan fingerprint density at radius 1 is 1.33 bits per heavy atom. The van der Waals surface area contributed by atoms with Crippen molar-refractivity contribution in [1.29, 1.82) is 0 Å². The molecule has 60 valence electrons. The van der Waals surface area contributed by atoms with Crippen molar-refractivity contribution in [3.63, 3.8) is 0 Å². The van der Waals surface area contributed by atoms with Crippen molar-refractivity contribution >= 4 is 32.9 Å². The molecule has 0 saturated carbocycles. The van der Waals surface area contributed by atoms with E-state index in [1.54, 1.807) is 33.2 Å². The third-order valence-corrected chi connectivity index (χ3v) is 4.18. The zero-order chi connectivity index (χ0) is 8.39. The Kier molecular flexibility index (Phi) is 2.25. The highest BCUT2D eigenvalue weighted by atomic mass is 32.9. The fourth-order valence-electron chi connectivity index (χ4n) is 0.794. The SMILES string of the molecule is S=c1cc(-c2ccncn2)ss1. The first kappa shape index (κ1) is 7.97. The Bertz CT molecular complexity index is 417. The van der Waals surface area contributed by atoms with Crippen molar-refractivity contribution in [3.05, 3.63) is 28.5 Å². The van der Waals surface area contributed by atoms with Gasteiger partial charge in [0.2, 0.25) is 0 Å². The van der Waals surface area contributed by atoms with Crippen molar-refractivity contribution in [1.82, 2.24) is 9.97 Å². The summed E-state index contributed by atoms with van der Waals surface area (Å²) in [5.74, 6) is 0. The van der Waals surface area contributed by atoms with Gasteiger partial charge in [0, 0.05) is 6.20 Å². The predicted molar refractivity (Wildman–Crippen MR) is 54.1 cm³/mol. The van der Waals surface area contributed by atoms with Crippen LogP contribution in [0, 0.1) is 3.82 Å². The molecule has 0 bridgehead atoms. The van der Waals surface area contributed by atoms with Gasteiger partial charge in [0.25, 0.3) is 0 Å². The van der Waals surface area contributed by atoms with Gasteiger partial charge in [0.1, 0.15) is 10.2 Å². The van der Waals surface area contributed by atoms with Gasteiger partial charge < -0.3 is 0 Å². The fourth-order valence-corrected chi connectivity index (χ4v) is 3.14. The molecule has 0 aromatic carbocycles. The first-order valence-electron chi connectivity index (χ1n) is 3.23. The minimum Gasteiger partial charge on any atom is -0.245 e. The maximum absolute atomic E-state index is 5.02. The number of nitrogens with zero attached hydrogens (tertiary/aromatic N) is 2. The molecule has 2 aromatic heterocycles. The van der Waals surface area contributed by atoms with E-state index in [9.17, 15) is 0 Å². The van der Waals surface area contributed by atoms with Crippen LogP contribution < -0.4 is 0 Å². The smallest absolute Gasteiger partial charge is 0.116 e. The quantitative estimate of drug-likeness (QED) is 0.537. The fraction of sp³-hybridized carbons (Fsp3) is 0. The molecule has 2 heterocycles. The number of hydrogen-bond acceptors (Lipinski definition) is 5. The molecule has 0 fully saturated rings. The summed E-state index contributed by atoms with van der Waals surface area (Å²) >= 11 is 5.02. The highest BCUT2D eigenvalue weighted by Gasteiger charge is 1.99. The zero-order valence-electron chi connectivity index (χ0n) is 5.93. The van der Waals surface area contributed by atoms with Gasteiger partial charge >= 0.3 is 0 Å². The lowest BCUT2D eigenvalue weighted by atomic mass is 10.3. The van der Waals surface area contributed by atoms with Gasteiger partial charge in [-0.15, -0.1) is 0 Å². The van der Waals surface area contributed by atoms with Crippen LogP contribution in [0.1, 0.15) is 0 Å². The first-order chi connectivity index (χ1) is 5.86. The molecule has 0 saturated heterocycles. The molecule has 0 atom stereocenters. The van der Waals surface area contributed by atoms with Gasteiger partial charge in [-0.3, -0.25) is 0 Å². The Balaban J connectivity index is 2.51. The molecule has 2 nitrogen and oxygen atoms in total. The molecule has 0 unspecified atom stereocenters. The molecule has 2 aromatic rings. The van der Waals surface area contributed by atoms with Gasteiger partial charge in [-0.2, -0.15) is 0 Å². The monoisotopic (exact) mass is 212 g/mol. The van der Waals surface area contributed by atoms with Gasteiger partial charge in [-0.05, 0) is 12.1 Å². The van der Waals surface area contributed by atoms with E-state index in [1.807, 2.05) is 12.1 Å². The molecule has 0 aliphatic carbocycles. The molecule has 2 rings (SSSR count). The second kappa shape index (κ2) is 3.38. The van der Waals surface area contributed by atoms with Crippen molar-refractivity contribution in [2.45, 2.75) is 0 Å². The molecular formula is C7H4N2S3. The normalized spacial score (nSPS) is 10.0. The average Bonchev–Trinajstić information content (AvgIpc) is 2.54. The third kappa shape index (κ3) is 1.57. The standard InChI is InChI=1S/C7H4N2S3/c10-7-3-6(11-12-7)5-1-2-8-4-9-5/h1-4H. The second-order valence-electron chi connectivity index (χ2n) is 2.09. The Morgan fingerprint density at radius 2 is 2.25 bits per heavy atom. The topological polar surface area (TPSA) is 25.8 Å². The first-order valence-corrected chi connectivity index (χ1v) is 5.78. The maximum Gasteiger partial charge on any atom is 0.116 e. The summed E-state index contributed by atoms with van der Waals surface area (Å²) in [5, 5.41) is 0. The van der Waals surface area contributed by atoms with E-state index in [0.717, 1.165) is 14.4 Å². The zero-order valence-corrected chi connectivity index (χ0v) is 8.38. The maximum atomic E-state index is 5.02. The van der Waals surface area contributed by atoms with Crippen molar-refractivity contribution in [3.8, 4) is 10.6 Å². The van der Waals surface area contributed by atoms with Crippen LogP contribution in [0.5, 0.6) is 0 Å². The summed E-state index contributed by atoms with van der Waals surface area (Å²) < 4.78 is 0.911. The average molecular weight is 212 g/mol. The lowest BCUT2D eigenvalue weighted by Crippen LogP contribution is -1.78. The summed E-state index contributed by atoms with van der Waals surface area (Å²) in [6.07, 6.45) is 3.28. The molecule has 0 aliphatic rings. The van der Waals surface area contributed by atoms with E-state index in [-0.39, 0.29) is 0 Å². The highest BCUT2D eigenvalue weighted by Crippen LogP contribution is 2.26. The van der Waals surface area contributed by atoms with Gasteiger partial charge in [0.15, 0.2) is 0 Å². The van der Waals surface area contributed by atoms with Crippen molar-refractivity contribution < 1.29 is 0 Å². The van der Waals surface area contributed by atoms with E-state index >= 15 is 0 Å². The third-order valence-electron chi connectivity index (χ3n) is 1.30. The number of aromatic nitrogens is 2. The lowest BCUT2D eigenvalue weighted by molar-refractivity contribution is 1.18. The highest BCUT2D eigenvalue weighted by molar-refractivity contribution is 7.80. The van der Waals surface area contributed by atoms with Crippen LogP contribution >= 0.6 is 32.9 Å². The minimum atomic E-state index is 0.911. The summed E-state index contributed by atoms with van der Waals surface area (Å²) in [4.78, 5) is 9.09. The molecule has 0 amide bonds. The van der Waals surface area contributed by atoms with Crippen LogP contribution in [0.4, 0.5) is 0 Å². The Hall–Kier alpha value is -0.650. The van der Waals surface area contributed by atoms with E-state index in [2.05, 4.69) is 9.97 Å². The molecule has 0 spiro atoms. The summed E-state index contributed by atoms with van der Waals surface area (Å²) in [5.41, 5.74) is 0.947. The number of rotatable bonds is 1. The van der Waals surface area contributed by atoms with Crippen molar-refractivity contribution in [2.24, 2.45) is 0 Å². The molecule has 0 N–H and O–H groups in total. The summed E-state index contributed by atoms with van der Waals surface area (Å²) in [6.45, 7) is 0.